The van der Waals surface area contributed by atoms with Gasteiger partial charge in [0.15, 0.2) is 11.5 Å². The number of nitrogens with zero attached hydrogens (tertiary/aromatic N) is 1. The minimum absolute atomic E-state index is 0.175. The maximum atomic E-state index is 12.8. The van der Waals surface area contributed by atoms with Gasteiger partial charge in [-0.2, -0.15) is 5.26 Å². The van der Waals surface area contributed by atoms with Gasteiger partial charge in [0.1, 0.15) is 17.1 Å². The number of allylic oxidation sites excluding steroid dienone is 1. The van der Waals surface area contributed by atoms with Gasteiger partial charge in [-0.25, -0.2) is 4.79 Å². The first-order valence-corrected chi connectivity index (χ1v) is 9.39. The molecule has 0 amide bonds. The summed E-state index contributed by atoms with van der Waals surface area (Å²) in [5, 5.41) is 9.52. The van der Waals surface area contributed by atoms with Gasteiger partial charge in [-0.3, -0.25) is 0 Å². The molecule has 31 heavy (non-hydrogen) atoms. The van der Waals surface area contributed by atoms with Gasteiger partial charge in [0.05, 0.1) is 33.0 Å². The maximum absolute atomic E-state index is 12.8. The van der Waals surface area contributed by atoms with Gasteiger partial charge in [-0.15, -0.1) is 0 Å². The first-order valence-electron chi connectivity index (χ1n) is 9.39. The molecule has 0 fully saturated rings. The van der Waals surface area contributed by atoms with Crippen molar-refractivity contribution in [1.29, 1.82) is 5.26 Å². The smallest absolute Gasteiger partial charge is 0.351 e. The predicted octanol–water partition coefficient (Wildman–Crippen LogP) is 5.00. The van der Waals surface area contributed by atoms with Crippen molar-refractivity contribution in [3.8, 4) is 29.1 Å². The number of rotatable bonds is 7. The molecule has 0 aromatic heterocycles. The Morgan fingerprint density at radius 2 is 1.45 bits per heavy atom. The average molecular weight is 415 g/mol. The fraction of sp³-hybridized carbons (Fsp3) is 0.120. The van der Waals surface area contributed by atoms with Crippen LogP contribution in [-0.2, 0) is 0 Å². The second-order valence-corrected chi connectivity index (χ2v) is 6.37. The van der Waals surface area contributed by atoms with Crippen LogP contribution >= 0.6 is 0 Å². The third kappa shape index (κ3) is 4.85. The van der Waals surface area contributed by atoms with E-state index in [4.69, 9.17) is 18.9 Å². The number of ether oxygens (including phenoxy) is 4. The van der Waals surface area contributed by atoms with Gasteiger partial charge in [0.25, 0.3) is 0 Å². The molecule has 6 heteroatoms. The van der Waals surface area contributed by atoms with Gasteiger partial charge >= 0.3 is 5.97 Å². The fourth-order valence-electron chi connectivity index (χ4n) is 3.03. The topological polar surface area (TPSA) is 77.8 Å². The van der Waals surface area contributed by atoms with Crippen LogP contribution in [0.1, 0.15) is 21.5 Å². The van der Waals surface area contributed by atoms with Gasteiger partial charge < -0.3 is 18.9 Å². The van der Waals surface area contributed by atoms with Crippen molar-refractivity contribution < 1.29 is 23.7 Å². The zero-order valence-corrected chi connectivity index (χ0v) is 17.4. The Labute approximate surface area is 180 Å². The first-order chi connectivity index (χ1) is 15.1. The highest BCUT2D eigenvalue weighted by Crippen LogP contribution is 2.33. The van der Waals surface area contributed by atoms with E-state index >= 15 is 0 Å². The van der Waals surface area contributed by atoms with Gasteiger partial charge in [-0.05, 0) is 41.5 Å². The highest BCUT2D eigenvalue weighted by molar-refractivity contribution is 5.97. The molecule has 0 spiro atoms. The zero-order valence-electron chi connectivity index (χ0n) is 17.4. The molecule has 156 valence electrons. The van der Waals surface area contributed by atoms with Crippen molar-refractivity contribution in [1.82, 2.24) is 0 Å². The van der Waals surface area contributed by atoms with E-state index < -0.39 is 5.97 Å². The highest BCUT2D eigenvalue weighted by Gasteiger charge is 2.21. The number of benzene rings is 3. The molecule has 0 radical (unpaired) electrons. The summed E-state index contributed by atoms with van der Waals surface area (Å²) < 4.78 is 21.5. The van der Waals surface area contributed by atoms with Crippen molar-refractivity contribution >= 4 is 17.6 Å². The second kappa shape index (κ2) is 9.99. The summed E-state index contributed by atoms with van der Waals surface area (Å²) in [5.41, 5.74) is 2.22. The third-order valence-electron chi connectivity index (χ3n) is 4.54. The summed E-state index contributed by atoms with van der Waals surface area (Å²) >= 11 is 0. The quantitative estimate of drug-likeness (QED) is 0.234. The van der Waals surface area contributed by atoms with Crippen molar-refractivity contribution in [2.75, 3.05) is 21.3 Å². The molecular formula is C25H21NO5. The number of methoxy groups -OCH3 is 3. The lowest BCUT2D eigenvalue weighted by Gasteiger charge is -2.14. The SMILES string of the molecule is COc1cc(C=C(C#N)c2ccccc2)ccc1OC(=O)c1c(OC)cccc1OC. The standard InChI is InChI=1S/C25H21NO5/c1-28-21-10-7-11-22(29-2)24(21)25(27)31-20-13-12-17(15-23(20)30-3)14-19(16-26)18-8-5-4-6-9-18/h4-15H,1-3H3. The van der Waals surface area contributed by atoms with Gasteiger partial charge in [-0.1, -0.05) is 42.5 Å². The third-order valence-corrected chi connectivity index (χ3v) is 4.54. The van der Waals surface area contributed by atoms with Crippen molar-refractivity contribution in [3.63, 3.8) is 0 Å². The molecule has 0 unspecified atom stereocenters. The Balaban J connectivity index is 1.92. The molecule has 0 N–H and O–H groups in total. The van der Waals surface area contributed by atoms with E-state index in [1.165, 1.54) is 21.3 Å². The molecule has 3 aromatic carbocycles. The van der Waals surface area contributed by atoms with E-state index in [0.717, 1.165) is 11.1 Å². The largest absolute Gasteiger partial charge is 0.496 e. The van der Waals surface area contributed by atoms with Crippen LogP contribution in [0.4, 0.5) is 0 Å². The minimum Gasteiger partial charge on any atom is -0.496 e. The molecule has 0 aliphatic carbocycles. The minimum atomic E-state index is -0.641. The Morgan fingerprint density at radius 3 is 2.03 bits per heavy atom. The molecule has 0 saturated heterocycles. The summed E-state index contributed by atoms with van der Waals surface area (Å²) in [7, 11) is 4.41. The lowest BCUT2D eigenvalue weighted by Crippen LogP contribution is -2.12. The predicted molar refractivity (Wildman–Crippen MR) is 117 cm³/mol. The Kier molecular flexibility index (Phi) is 6.92. The second-order valence-electron chi connectivity index (χ2n) is 6.37. The van der Waals surface area contributed by atoms with E-state index in [0.29, 0.717) is 22.8 Å². The molecule has 0 aliphatic heterocycles. The van der Waals surface area contributed by atoms with Crippen molar-refractivity contribution in [2.45, 2.75) is 0 Å². The van der Waals surface area contributed by atoms with E-state index in [1.54, 1.807) is 42.5 Å². The van der Waals surface area contributed by atoms with Gasteiger partial charge in [0.2, 0.25) is 0 Å². The first kappa shape index (κ1) is 21.5. The molecule has 3 aromatic rings. The van der Waals surface area contributed by atoms with Crippen LogP contribution < -0.4 is 18.9 Å². The Hall–Kier alpha value is -4.24. The molecule has 3 rings (SSSR count). The van der Waals surface area contributed by atoms with E-state index in [-0.39, 0.29) is 11.3 Å². The average Bonchev–Trinajstić information content (AvgIpc) is 2.83. The van der Waals surface area contributed by atoms with Crippen LogP contribution in [0.2, 0.25) is 0 Å². The number of nitriles is 1. The summed E-state index contributed by atoms with van der Waals surface area (Å²) in [6.07, 6.45) is 1.74. The Bertz CT molecular complexity index is 1120. The molecule has 6 nitrogen and oxygen atoms in total. The molecule has 0 heterocycles. The van der Waals surface area contributed by atoms with Crippen LogP contribution in [0, 0.1) is 11.3 Å². The van der Waals surface area contributed by atoms with Crippen LogP contribution in [0.25, 0.3) is 11.6 Å². The molecule has 0 bridgehead atoms. The molecular weight excluding hydrogens is 394 g/mol. The van der Waals surface area contributed by atoms with E-state index in [1.807, 2.05) is 30.3 Å². The molecule has 0 saturated carbocycles. The number of esters is 1. The lowest BCUT2D eigenvalue weighted by molar-refractivity contribution is 0.0722. The summed E-state index contributed by atoms with van der Waals surface area (Å²) in [6.45, 7) is 0. The number of hydrogen-bond donors (Lipinski definition) is 0. The van der Waals surface area contributed by atoms with Crippen LogP contribution in [0.5, 0.6) is 23.0 Å². The number of hydrogen-bond acceptors (Lipinski definition) is 6. The molecule has 0 aliphatic rings. The lowest BCUT2D eigenvalue weighted by atomic mass is 10.0. The fourth-order valence-corrected chi connectivity index (χ4v) is 3.03. The van der Waals surface area contributed by atoms with Crippen molar-refractivity contribution in [3.05, 3.63) is 83.4 Å². The van der Waals surface area contributed by atoms with Crippen LogP contribution in [0.15, 0.2) is 66.7 Å². The van der Waals surface area contributed by atoms with E-state index in [9.17, 15) is 10.1 Å². The summed E-state index contributed by atoms with van der Waals surface area (Å²) in [4.78, 5) is 12.8. The van der Waals surface area contributed by atoms with Crippen LogP contribution in [0.3, 0.4) is 0 Å². The normalized spacial score (nSPS) is 10.7. The highest BCUT2D eigenvalue weighted by atomic mass is 16.6. The van der Waals surface area contributed by atoms with Gasteiger partial charge in [0, 0.05) is 0 Å². The zero-order chi connectivity index (χ0) is 22.2. The van der Waals surface area contributed by atoms with Crippen LogP contribution in [-0.4, -0.2) is 27.3 Å². The van der Waals surface area contributed by atoms with Crippen molar-refractivity contribution in [2.24, 2.45) is 0 Å². The number of carbonyl (C=O) groups excluding carboxylic acids is 1. The summed E-state index contributed by atoms with van der Waals surface area (Å²) in [5.74, 6) is 0.615. The van der Waals surface area contributed by atoms with E-state index in [2.05, 4.69) is 6.07 Å². The summed E-state index contributed by atoms with van der Waals surface area (Å²) in [6, 6.07) is 21.6. The monoisotopic (exact) mass is 415 g/mol. The number of carbonyl (C=O) groups is 1. The maximum Gasteiger partial charge on any atom is 0.351 e. The molecule has 0 atom stereocenters. The Morgan fingerprint density at radius 1 is 0.806 bits per heavy atom.